The summed E-state index contributed by atoms with van der Waals surface area (Å²) in [4.78, 5) is 13.4. The van der Waals surface area contributed by atoms with Crippen LogP contribution in [-0.2, 0) is 19.0 Å². The average Bonchev–Trinajstić information content (AvgIpc) is 2.25. The fourth-order valence-corrected chi connectivity index (χ4v) is 1.47. The molecule has 1 heterocycles. The van der Waals surface area contributed by atoms with Gasteiger partial charge in [0.05, 0.1) is 26.9 Å². The van der Waals surface area contributed by atoms with Crippen LogP contribution in [0.4, 0.5) is 0 Å². The number of hydrogen-bond acceptors (Lipinski definition) is 5. The van der Waals surface area contributed by atoms with Gasteiger partial charge in [-0.05, 0) is 0 Å². The second kappa shape index (κ2) is 5.95. The Bertz CT molecular complexity index is 186. The second-order valence-electron chi connectivity index (χ2n) is 3.14. The van der Waals surface area contributed by atoms with Crippen molar-refractivity contribution in [2.24, 2.45) is 0 Å². The Morgan fingerprint density at radius 2 is 2.36 bits per heavy atom. The van der Waals surface area contributed by atoms with Gasteiger partial charge in [-0.1, -0.05) is 0 Å². The maximum atomic E-state index is 11.4. The van der Waals surface area contributed by atoms with E-state index in [0.29, 0.717) is 19.8 Å². The number of ether oxygens (including phenoxy) is 3. The number of esters is 1. The van der Waals surface area contributed by atoms with E-state index >= 15 is 0 Å². The van der Waals surface area contributed by atoms with Crippen molar-refractivity contribution in [3.05, 3.63) is 0 Å². The van der Waals surface area contributed by atoms with Crippen LogP contribution in [0.3, 0.4) is 0 Å². The van der Waals surface area contributed by atoms with Gasteiger partial charge in [-0.15, -0.1) is 0 Å². The molecule has 1 unspecified atom stereocenters. The van der Waals surface area contributed by atoms with Gasteiger partial charge in [-0.3, -0.25) is 9.69 Å². The molecule has 0 N–H and O–H groups in total. The zero-order valence-electron chi connectivity index (χ0n) is 8.69. The summed E-state index contributed by atoms with van der Waals surface area (Å²) in [6, 6.07) is -0.274. The summed E-state index contributed by atoms with van der Waals surface area (Å²) in [5.74, 6) is -0.235. The third kappa shape index (κ3) is 2.94. The van der Waals surface area contributed by atoms with Crippen molar-refractivity contribution in [2.45, 2.75) is 6.04 Å². The number of morpholine rings is 1. The van der Waals surface area contributed by atoms with Crippen molar-refractivity contribution in [3.63, 3.8) is 0 Å². The van der Waals surface area contributed by atoms with Crippen LogP contribution in [0.2, 0.25) is 0 Å². The molecule has 0 amide bonds. The predicted molar refractivity (Wildman–Crippen MR) is 50.1 cm³/mol. The SMILES string of the molecule is COCCN1CCOCC1C(=O)OC. The minimum Gasteiger partial charge on any atom is -0.468 e. The molecule has 1 rings (SSSR count). The van der Waals surface area contributed by atoms with Gasteiger partial charge >= 0.3 is 5.97 Å². The highest BCUT2D eigenvalue weighted by molar-refractivity contribution is 5.75. The molecule has 0 bridgehead atoms. The van der Waals surface area contributed by atoms with E-state index in [-0.39, 0.29) is 12.0 Å². The third-order valence-corrected chi connectivity index (χ3v) is 2.30. The molecule has 14 heavy (non-hydrogen) atoms. The van der Waals surface area contributed by atoms with Crippen molar-refractivity contribution in [2.75, 3.05) is 47.1 Å². The lowest BCUT2D eigenvalue weighted by atomic mass is 10.2. The summed E-state index contributed by atoms with van der Waals surface area (Å²) in [6.07, 6.45) is 0. The van der Waals surface area contributed by atoms with Gasteiger partial charge in [0.2, 0.25) is 0 Å². The Labute approximate surface area is 83.9 Å². The molecule has 0 aromatic heterocycles. The molecule has 1 saturated heterocycles. The fraction of sp³-hybridized carbons (Fsp3) is 0.889. The lowest BCUT2D eigenvalue weighted by Gasteiger charge is -2.33. The summed E-state index contributed by atoms with van der Waals surface area (Å²) in [7, 11) is 3.04. The maximum absolute atomic E-state index is 11.4. The summed E-state index contributed by atoms with van der Waals surface area (Å²) in [5.41, 5.74) is 0. The number of methoxy groups -OCH3 is 2. The molecule has 1 fully saturated rings. The first-order valence-electron chi connectivity index (χ1n) is 4.68. The van der Waals surface area contributed by atoms with Gasteiger partial charge < -0.3 is 14.2 Å². The fourth-order valence-electron chi connectivity index (χ4n) is 1.47. The number of hydrogen-bond donors (Lipinski definition) is 0. The molecule has 1 atom stereocenters. The molecule has 0 radical (unpaired) electrons. The van der Waals surface area contributed by atoms with E-state index in [1.165, 1.54) is 7.11 Å². The topological polar surface area (TPSA) is 48.0 Å². The van der Waals surface area contributed by atoms with Crippen molar-refractivity contribution < 1.29 is 19.0 Å². The number of carbonyl (C=O) groups is 1. The van der Waals surface area contributed by atoms with Gasteiger partial charge in [0.15, 0.2) is 0 Å². The molecule has 0 spiro atoms. The molecular weight excluding hydrogens is 186 g/mol. The Hall–Kier alpha value is -0.650. The highest BCUT2D eigenvalue weighted by Crippen LogP contribution is 2.07. The van der Waals surface area contributed by atoms with E-state index < -0.39 is 0 Å². The summed E-state index contributed by atoms with van der Waals surface area (Å²) < 4.78 is 14.9. The van der Waals surface area contributed by atoms with Gasteiger partial charge in [0.1, 0.15) is 6.04 Å². The van der Waals surface area contributed by atoms with E-state index in [0.717, 1.165) is 13.1 Å². The quantitative estimate of drug-likeness (QED) is 0.577. The Morgan fingerprint density at radius 1 is 1.57 bits per heavy atom. The molecule has 0 aromatic rings. The summed E-state index contributed by atoms with van der Waals surface area (Å²) in [6.45, 7) is 3.18. The van der Waals surface area contributed by atoms with Crippen LogP contribution in [0, 0.1) is 0 Å². The van der Waals surface area contributed by atoms with Crippen LogP contribution >= 0.6 is 0 Å². The standard InChI is InChI=1S/C9H17NO4/c1-12-5-3-10-4-6-14-7-8(10)9(11)13-2/h8H,3-7H2,1-2H3. The van der Waals surface area contributed by atoms with Crippen LogP contribution in [0.25, 0.3) is 0 Å². The molecule has 82 valence electrons. The monoisotopic (exact) mass is 203 g/mol. The van der Waals surface area contributed by atoms with Gasteiger partial charge in [0.25, 0.3) is 0 Å². The maximum Gasteiger partial charge on any atom is 0.325 e. The van der Waals surface area contributed by atoms with E-state index in [9.17, 15) is 4.79 Å². The first kappa shape index (κ1) is 11.4. The molecule has 1 aliphatic heterocycles. The van der Waals surface area contributed by atoms with Crippen molar-refractivity contribution >= 4 is 5.97 Å². The smallest absolute Gasteiger partial charge is 0.325 e. The highest BCUT2D eigenvalue weighted by Gasteiger charge is 2.29. The summed E-state index contributed by atoms with van der Waals surface area (Å²) in [5, 5.41) is 0. The predicted octanol–water partition coefficient (Wildman–Crippen LogP) is -0.493. The normalized spacial score (nSPS) is 23.4. The minimum atomic E-state index is -0.274. The van der Waals surface area contributed by atoms with E-state index in [1.54, 1.807) is 7.11 Å². The molecule has 0 aromatic carbocycles. The van der Waals surface area contributed by atoms with E-state index in [2.05, 4.69) is 0 Å². The molecule has 5 heteroatoms. The first-order chi connectivity index (χ1) is 6.79. The van der Waals surface area contributed by atoms with Crippen LogP contribution < -0.4 is 0 Å². The Balaban J connectivity index is 2.45. The zero-order chi connectivity index (χ0) is 10.4. The number of carbonyl (C=O) groups excluding carboxylic acids is 1. The van der Waals surface area contributed by atoms with E-state index in [1.807, 2.05) is 4.90 Å². The lowest BCUT2D eigenvalue weighted by Crippen LogP contribution is -2.51. The van der Waals surface area contributed by atoms with E-state index in [4.69, 9.17) is 14.2 Å². The molecule has 1 aliphatic rings. The average molecular weight is 203 g/mol. The molecule has 0 aliphatic carbocycles. The summed E-state index contributed by atoms with van der Waals surface area (Å²) >= 11 is 0. The lowest BCUT2D eigenvalue weighted by molar-refractivity contribution is -0.153. The second-order valence-corrected chi connectivity index (χ2v) is 3.14. The highest BCUT2D eigenvalue weighted by atomic mass is 16.5. The van der Waals surface area contributed by atoms with Crippen molar-refractivity contribution in [3.8, 4) is 0 Å². The number of nitrogens with zero attached hydrogens (tertiary/aromatic N) is 1. The minimum absolute atomic E-state index is 0.235. The largest absolute Gasteiger partial charge is 0.468 e. The zero-order valence-corrected chi connectivity index (χ0v) is 8.69. The van der Waals surface area contributed by atoms with Gasteiger partial charge in [0, 0.05) is 20.2 Å². The van der Waals surface area contributed by atoms with Crippen LogP contribution in [0.5, 0.6) is 0 Å². The van der Waals surface area contributed by atoms with Crippen LogP contribution in [0.1, 0.15) is 0 Å². The Morgan fingerprint density at radius 3 is 3.00 bits per heavy atom. The number of rotatable bonds is 4. The van der Waals surface area contributed by atoms with Crippen LogP contribution in [-0.4, -0.2) is 64.0 Å². The molecule has 0 saturated carbocycles. The van der Waals surface area contributed by atoms with Gasteiger partial charge in [-0.25, -0.2) is 0 Å². The third-order valence-electron chi connectivity index (χ3n) is 2.30. The molecule has 5 nitrogen and oxygen atoms in total. The van der Waals surface area contributed by atoms with Gasteiger partial charge in [-0.2, -0.15) is 0 Å². The molecular formula is C9H17NO4. The Kier molecular flexibility index (Phi) is 4.86. The van der Waals surface area contributed by atoms with Crippen molar-refractivity contribution in [1.29, 1.82) is 0 Å². The van der Waals surface area contributed by atoms with Crippen LogP contribution in [0.15, 0.2) is 0 Å². The van der Waals surface area contributed by atoms with Crippen molar-refractivity contribution in [1.82, 2.24) is 4.90 Å². The first-order valence-corrected chi connectivity index (χ1v) is 4.68.